The topological polar surface area (TPSA) is 21.3 Å². The van der Waals surface area contributed by atoms with Gasteiger partial charge in [0.25, 0.3) is 0 Å². The molecule has 90 valence electrons. The summed E-state index contributed by atoms with van der Waals surface area (Å²) in [6, 6.07) is 0. The van der Waals surface area contributed by atoms with Crippen molar-refractivity contribution in [2.45, 2.75) is 65.1 Å². The minimum atomic E-state index is -0.0126. The van der Waals surface area contributed by atoms with E-state index in [1.165, 1.54) is 25.7 Å². The number of nitrogens with one attached hydrogen (secondary N) is 1. The highest BCUT2D eigenvalue weighted by Gasteiger charge is 2.26. The second kappa shape index (κ2) is 5.86. The molecule has 15 heavy (non-hydrogen) atoms. The first kappa shape index (κ1) is 13.0. The standard InChI is InChI=1S/C13H27NO/c1-5-14-10-13(3,4)15-12-8-6-11(2)7-9-12/h11-12,14H,5-10H2,1-4H3. The quantitative estimate of drug-likeness (QED) is 0.758. The molecule has 0 aromatic carbocycles. The van der Waals surface area contributed by atoms with Crippen molar-refractivity contribution in [1.29, 1.82) is 0 Å². The van der Waals surface area contributed by atoms with E-state index in [4.69, 9.17) is 4.74 Å². The summed E-state index contributed by atoms with van der Waals surface area (Å²) < 4.78 is 6.17. The minimum Gasteiger partial charge on any atom is -0.371 e. The highest BCUT2D eigenvalue weighted by molar-refractivity contribution is 4.77. The smallest absolute Gasteiger partial charge is 0.0754 e. The van der Waals surface area contributed by atoms with Gasteiger partial charge in [0.1, 0.15) is 0 Å². The van der Waals surface area contributed by atoms with Gasteiger partial charge in [-0.05, 0) is 52.0 Å². The number of hydrogen-bond donors (Lipinski definition) is 1. The number of likely N-dealkylation sites (N-methyl/N-ethyl adjacent to an activating group) is 1. The molecular formula is C13H27NO. The van der Waals surface area contributed by atoms with E-state index in [-0.39, 0.29) is 5.60 Å². The van der Waals surface area contributed by atoms with Crippen molar-refractivity contribution in [1.82, 2.24) is 5.32 Å². The lowest BCUT2D eigenvalue weighted by Crippen LogP contribution is -2.41. The lowest BCUT2D eigenvalue weighted by atomic mass is 9.88. The van der Waals surface area contributed by atoms with Gasteiger partial charge in [0.2, 0.25) is 0 Å². The first-order valence-electron chi connectivity index (χ1n) is 6.42. The molecule has 0 heterocycles. The average Bonchev–Trinajstić information content (AvgIpc) is 2.18. The van der Waals surface area contributed by atoms with Gasteiger partial charge in [-0.3, -0.25) is 0 Å². The van der Waals surface area contributed by atoms with Crippen LogP contribution in [-0.2, 0) is 4.74 Å². The third-order valence-electron chi connectivity index (χ3n) is 3.25. The zero-order valence-corrected chi connectivity index (χ0v) is 10.8. The fourth-order valence-electron chi connectivity index (χ4n) is 2.27. The molecule has 1 aliphatic rings. The Bertz CT molecular complexity index is 171. The summed E-state index contributed by atoms with van der Waals surface area (Å²) in [5.74, 6) is 0.904. The first-order chi connectivity index (χ1) is 7.03. The van der Waals surface area contributed by atoms with Crippen molar-refractivity contribution in [3.63, 3.8) is 0 Å². The monoisotopic (exact) mass is 213 g/mol. The Morgan fingerprint density at radius 2 is 1.80 bits per heavy atom. The second-order valence-electron chi connectivity index (χ2n) is 5.54. The maximum atomic E-state index is 6.17. The van der Waals surface area contributed by atoms with Crippen LogP contribution in [0.15, 0.2) is 0 Å². The van der Waals surface area contributed by atoms with E-state index in [1.54, 1.807) is 0 Å². The molecule has 1 N–H and O–H groups in total. The summed E-state index contributed by atoms with van der Waals surface area (Å²) in [6.45, 7) is 10.8. The van der Waals surface area contributed by atoms with E-state index < -0.39 is 0 Å². The molecule has 0 unspecified atom stereocenters. The maximum absolute atomic E-state index is 6.17. The Hall–Kier alpha value is -0.0800. The van der Waals surface area contributed by atoms with Gasteiger partial charge in [-0.2, -0.15) is 0 Å². The zero-order chi connectivity index (χ0) is 11.3. The van der Waals surface area contributed by atoms with Crippen LogP contribution < -0.4 is 5.32 Å². The van der Waals surface area contributed by atoms with Gasteiger partial charge in [-0.15, -0.1) is 0 Å². The Morgan fingerprint density at radius 1 is 1.20 bits per heavy atom. The second-order valence-corrected chi connectivity index (χ2v) is 5.54. The molecule has 0 saturated heterocycles. The SMILES string of the molecule is CCNCC(C)(C)OC1CCC(C)CC1. The van der Waals surface area contributed by atoms with Crippen molar-refractivity contribution in [3.05, 3.63) is 0 Å². The minimum absolute atomic E-state index is 0.0126. The van der Waals surface area contributed by atoms with Gasteiger partial charge in [-0.1, -0.05) is 13.8 Å². The molecule has 0 aromatic rings. The van der Waals surface area contributed by atoms with Crippen LogP contribution in [0.1, 0.15) is 53.4 Å². The Labute approximate surface area is 94.8 Å². The summed E-state index contributed by atoms with van der Waals surface area (Å²) in [7, 11) is 0. The summed E-state index contributed by atoms with van der Waals surface area (Å²) in [4.78, 5) is 0. The van der Waals surface area contributed by atoms with Crippen LogP contribution in [0.5, 0.6) is 0 Å². The number of hydrogen-bond acceptors (Lipinski definition) is 2. The predicted octanol–water partition coefficient (Wildman–Crippen LogP) is 2.97. The van der Waals surface area contributed by atoms with E-state index >= 15 is 0 Å². The molecule has 0 amide bonds. The molecule has 2 nitrogen and oxygen atoms in total. The van der Waals surface area contributed by atoms with Crippen LogP contribution in [0.4, 0.5) is 0 Å². The van der Waals surface area contributed by atoms with E-state index in [9.17, 15) is 0 Å². The molecule has 0 aromatic heterocycles. The van der Waals surface area contributed by atoms with Gasteiger partial charge in [-0.25, -0.2) is 0 Å². The van der Waals surface area contributed by atoms with Crippen LogP contribution >= 0.6 is 0 Å². The number of rotatable bonds is 5. The van der Waals surface area contributed by atoms with Gasteiger partial charge >= 0.3 is 0 Å². The van der Waals surface area contributed by atoms with Crippen molar-refractivity contribution < 1.29 is 4.74 Å². The molecule has 0 spiro atoms. The highest BCUT2D eigenvalue weighted by Crippen LogP contribution is 2.28. The van der Waals surface area contributed by atoms with Crippen LogP contribution in [0.2, 0.25) is 0 Å². The van der Waals surface area contributed by atoms with Gasteiger partial charge in [0.05, 0.1) is 11.7 Å². The summed E-state index contributed by atoms with van der Waals surface area (Å²) in [5.41, 5.74) is -0.0126. The highest BCUT2D eigenvalue weighted by atomic mass is 16.5. The zero-order valence-electron chi connectivity index (χ0n) is 10.8. The summed E-state index contributed by atoms with van der Waals surface area (Å²) in [5, 5.41) is 3.36. The first-order valence-corrected chi connectivity index (χ1v) is 6.42. The normalized spacial score (nSPS) is 28.0. The molecule has 0 atom stereocenters. The van der Waals surface area contributed by atoms with E-state index in [0.29, 0.717) is 6.10 Å². The van der Waals surface area contributed by atoms with E-state index in [2.05, 4.69) is 33.0 Å². The third-order valence-corrected chi connectivity index (χ3v) is 3.25. The summed E-state index contributed by atoms with van der Waals surface area (Å²) in [6.07, 6.45) is 5.66. The van der Waals surface area contributed by atoms with Crippen molar-refractivity contribution in [2.24, 2.45) is 5.92 Å². The molecule has 0 bridgehead atoms. The molecule has 1 fully saturated rings. The van der Waals surface area contributed by atoms with Crippen molar-refractivity contribution >= 4 is 0 Å². The van der Waals surface area contributed by atoms with E-state index in [0.717, 1.165) is 19.0 Å². The van der Waals surface area contributed by atoms with Gasteiger partial charge in [0.15, 0.2) is 0 Å². The van der Waals surface area contributed by atoms with Crippen molar-refractivity contribution in [2.75, 3.05) is 13.1 Å². The number of ether oxygens (including phenoxy) is 1. The molecule has 0 aliphatic heterocycles. The Kier molecular flexibility index (Phi) is 5.07. The lowest BCUT2D eigenvalue weighted by molar-refractivity contribution is -0.0862. The van der Waals surface area contributed by atoms with Crippen LogP contribution in [0.25, 0.3) is 0 Å². The Morgan fingerprint density at radius 3 is 2.33 bits per heavy atom. The Balaban J connectivity index is 2.27. The van der Waals surface area contributed by atoms with Crippen LogP contribution in [0, 0.1) is 5.92 Å². The summed E-state index contributed by atoms with van der Waals surface area (Å²) >= 11 is 0. The average molecular weight is 213 g/mol. The van der Waals surface area contributed by atoms with Crippen molar-refractivity contribution in [3.8, 4) is 0 Å². The molecular weight excluding hydrogens is 186 g/mol. The van der Waals surface area contributed by atoms with Crippen LogP contribution in [-0.4, -0.2) is 24.8 Å². The van der Waals surface area contributed by atoms with Crippen LogP contribution in [0.3, 0.4) is 0 Å². The maximum Gasteiger partial charge on any atom is 0.0754 e. The fourth-order valence-corrected chi connectivity index (χ4v) is 2.27. The van der Waals surface area contributed by atoms with Gasteiger partial charge in [0, 0.05) is 6.54 Å². The molecule has 1 rings (SSSR count). The predicted molar refractivity (Wildman–Crippen MR) is 65.1 cm³/mol. The molecule has 0 radical (unpaired) electrons. The van der Waals surface area contributed by atoms with E-state index in [1.807, 2.05) is 0 Å². The van der Waals surface area contributed by atoms with Gasteiger partial charge < -0.3 is 10.1 Å². The largest absolute Gasteiger partial charge is 0.371 e. The molecule has 2 heteroatoms. The molecule has 1 aliphatic carbocycles. The lowest BCUT2D eigenvalue weighted by Gasteiger charge is -2.34. The third kappa shape index (κ3) is 4.98. The molecule has 1 saturated carbocycles. The fraction of sp³-hybridized carbons (Fsp3) is 1.00.